The van der Waals surface area contributed by atoms with Gasteiger partial charge < -0.3 is 4.74 Å². The summed E-state index contributed by atoms with van der Waals surface area (Å²) in [5, 5.41) is 2.83. The van der Waals surface area contributed by atoms with Crippen LogP contribution in [0.5, 0.6) is 0 Å². The molecule has 0 unspecified atom stereocenters. The predicted octanol–water partition coefficient (Wildman–Crippen LogP) is 3.14. The van der Waals surface area contributed by atoms with Gasteiger partial charge in [-0.3, -0.25) is 4.79 Å². The Morgan fingerprint density at radius 2 is 2.06 bits per heavy atom. The summed E-state index contributed by atoms with van der Waals surface area (Å²) >= 11 is 0. The summed E-state index contributed by atoms with van der Waals surface area (Å²) in [7, 11) is 0. The molecule has 0 aliphatic carbocycles. The van der Waals surface area contributed by atoms with Crippen molar-refractivity contribution in [2.75, 3.05) is 6.61 Å². The molecule has 1 atom stereocenters. The fraction of sp³-hybridized carbons (Fsp3) is 0.357. The predicted molar refractivity (Wildman–Crippen MR) is 69.3 cm³/mol. The lowest BCUT2D eigenvalue weighted by Crippen LogP contribution is -2.09. The van der Waals surface area contributed by atoms with Gasteiger partial charge in [0, 0.05) is 0 Å². The van der Waals surface area contributed by atoms with Gasteiger partial charge in [0.2, 0.25) is 0 Å². The van der Waals surface area contributed by atoms with Gasteiger partial charge in [-0.15, -0.1) is 10.8 Å². The number of carbonyl (C=O) groups is 1. The second kappa shape index (κ2) is 7.23. The maximum atomic E-state index is 11.5. The molecule has 0 heterocycles. The molecule has 0 aromatic heterocycles. The highest BCUT2D eigenvalue weighted by molar-refractivity contribution is 5.71. The zero-order valence-electron chi connectivity index (χ0n) is 10.5. The number of hydrogen-bond acceptors (Lipinski definition) is 4. The number of nitrogens with zero attached hydrogens (tertiary/aromatic N) is 1. The smallest absolute Gasteiger partial charge is 0.307 e. The normalized spacial score (nSPS) is 11.0. The zero-order valence-corrected chi connectivity index (χ0v) is 10.5. The molecule has 0 spiro atoms. The maximum Gasteiger partial charge on any atom is 0.307 e. The lowest BCUT2D eigenvalue weighted by Gasteiger charge is -2.10. The highest BCUT2D eigenvalue weighted by Gasteiger charge is 2.14. The van der Waals surface area contributed by atoms with E-state index >= 15 is 0 Å². The topological polar surface area (TPSA) is 55.7 Å². The van der Waals surface area contributed by atoms with Crippen LogP contribution in [0.1, 0.15) is 31.7 Å². The summed E-state index contributed by atoms with van der Waals surface area (Å²) in [6, 6.07) is 6.73. The first-order valence-electron chi connectivity index (χ1n) is 5.72. The monoisotopic (exact) mass is 245 g/mol. The number of ether oxygens (including phenoxy) is 1. The van der Waals surface area contributed by atoms with E-state index in [0.717, 1.165) is 5.56 Å². The Labute approximate surface area is 106 Å². The number of rotatable bonds is 5. The van der Waals surface area contributed by atoms with Crippen molar-refractivity contribution in [2.24, 2.45) is 5.18 Å². The van der Waals surface area contributed by atoms with E-state index in [2.05, 4.69) is 17.0 Å². The van der Waals surface area contributed by atoms with Crippen LogP contribution in [0, 0.1) is 16.7 Å². The van der Waals surface area contributed by atoms with Crippen molar-refractivity contribution in [3.05, 3.63) is 34.7 Å². The molecule has 1 aromatic rings. The first-order valence-corrected chi connectivity index (χ1v) is 5.72. The first kappa shape index (κ1) is 13.9. The van der Waals surface area contributed by atoms with Gasteiger partial charge in [-0.25, -0.2) is 0 Å². The van der Waals surface area contributed by atoms with E-state index in [-0.39, 0.29) is 18.3 Å². The molecular weight excluding hydrogens is 230 g/mol. The minimum absolute atomic E-state index is 0.211. The molecule has 0 saturated carbocycles. The Bertz CT molecular complexity index is 468. The number of nitroso groups, excluding NO2 is 1. The molecule has 0 fully saturated rings. The van der Waals surface area contributed by atoms with Crippen LogP contribution in [0.15, 0.2) is 29.4 Å². The number of hydrogen-bond donors (Lipinski definition) is 0. The van der Waals surface area contributed by atoms with Crippen molar-refractivity contribution >= 4 is 11.7 Å². The molecule has 18 heavy (non-hydrogen) atoms. The van der Waals surface area contributed by atoms with E-state index in [1.54, 1.807) is 38.1 Å². The van der Waals surface area contributed by atoms with Crippen LogP contribution in [0.2, 0.25) is 0 Å². The van der Waals surface area contributed by atoms with Gasteiger partial charge in [-0.2, -0.15) is 0 Å². The van der Waals surface area contributed by atoms with Crippen LogP contribution >= 0.6 is 0 Å². The largest absolute Gasteiger partial charge is 0.466 e. The Morgan fingerprint density at radius 1 is 1.39 bits per heavy atom. The van der Waals surface area contributed by atoms with Crippen LogP contribution in [0.4, 0.5) is 5.69 Å². The summed E-state index contributed by atoms with van der Waals surface area (Å²) in [6.45, 7) is 3.85. The van der Waals surface area contributed by atoms with Gasteiger partial charge in [0.15, 0.2) is 0 Å². The van der Waals surface area contributed by atoms with Crippen LogP contribution in [0.3, 0.4) is 0 Å². The van der Waals surface area contributed by atoms with Gasteiger partial charge in [0.25, 0.3) is 0 Å². The summed E-state index contributed by atoms with van der Waals surface area (Å²) in [5.74, 6) is 5.28. The van der Waals surface area contributed by atoms with Gasteiger partial charge >= 0.3 is 5.97 Å². The first-order chi connectivity index (χ1) is 8.71. The van der Waals surface area contributed by atoms with E-state index in [1.807, 2.05) is 0 Å². The fourth-order valence-electron chi connectivity index (χ4n) is 1.58. The lowest BCUT2D eigenvalue weighted by molar-refractivity contribution is -0.143. The van der Waals surface area contributed by atoms with E-state index in [1.165, 1.54) is 0 Å². The van der Waals surface area contributed by atoms with Crippen molar-refractivity contribution in [1.82, 2.24) is 0 Å². The third kappa shape index (κ3) is 4.02. The van der Waals surface area contributed by atoms with Gasteiger partial charge in [0.05, 0.1) is 18.9 Å². The average Bonchev–Trinajstić information content (AvgIpc) is 2.39. The van der Waals surface area contributed by atoms with Gasteiger partial charge in [-0.05, 0) is 36.7 Å². The highest BCUT2D eigenvalue weighted by Crippen LogP contribution is 2.22. The van der Waals surface area contributed by atoms with E-state index < -0.39 is 0 Å². The van der Waals surface area contributed by atoms with Crippen molar-refractivity contribution in [2.45, 2.75) is 26.2 Å². The molecule has 4 nitrogen and oxygen atoms in total. The maximum absolute atomic E-state index is 11.5. The summed E-state index contributed by atoms with van der Waals surface area (Å²) < 4.78 is 4.91. The number of carbonyl (C=O) groups excluding carboxylic acids is 1. The number of esters is 1. The molecule has 1 aromatic carbocycles. The molecule has 4 heteroatoms. The summed E-state index contributed by atoms with van der Waals surface area (Å²) in [5.41, 5.74) is 1.24. The Kier molecular flexibility index (Phi) is 5.59. The quantitative estimate of drug-likeness (QED) is 0.455. The average molecular weight is 245 g/mol. The third-order valence-electron chi connectivity index (χ3n) is 2.40. The Balaban J connectivity index is 2.85. The fourth-order valence-corrected chi connectivity index (χ4v) is 1.58. The molecular formula is C14H15NO3. The molecule has 0 bridgehead atoms. The molecule has 0 N–H and O–H groups in total. The van der Waals surface area contributed by atoms with E-state index in [9.17, 15) is 9.70 Å². The molecule has 0 aliphatic rings. The molecule has 1 rings (SSSR count). The van der Waals surface area contributed by atoms with E-state index in [0.29, 0.717) is 12.3 Å². The van der Waals surface area contributed by atoms with E-state index in [4.69, 9.17) is 4.74 Å². The van der Waals surface area contributed by atoms with Crippen LogP contribution in [0.25, 0.3) is 0 Å². The Hall–Kier alpha value is -2.15. The van der Waals surface area contributed by atoms with Crippen LogP contribution < -0.4 is 0 Å². The molecule has 0 saturated heterocycles. The second-order valence-electron chi connectivity index (χ2n) is 3.64. The minimum atomic E-state index is -0.275. The van der Waals surface area contributed by atoms with Crippen LogP contribution in [-0.2, 0) is 9.53 Å². The zero-order chi connectivity index (χ0) is 13.4. The molecule has 94 valence electrons. The van der Waals surface area contributed by atoms with Gasteiger partial charge in [0.1, 0.15) is 5.69 Å². The standard InChI is InChI=1S/C14H15NO3/c1-3-5-12(10-14(16)18-4-2)11-6-8-13(15-17)9-7-11/h6-9,12H,4,10H2,1-2H3/t12-/m1/s1. The van der Waals surface area contributed by atoms with Crippen molar-refractivity contribution in [3.63, 3.8) is 0 Å². The lowest BCUT2D eigenvalue weighted by atomic mass is 9.96. The summed E-state index contributed by atoms with van der Waals surface area (Å²) in [6.07, 6.45) is 0.211. The van der Waals surface area contributed by atoms with Crippen molar-refractivity contribution in [3.8, 4) is 11.8 Å². The van der Waals surface area contributed by atoms with Gasteiger partial charge in [-0.1, -0.05) is 18.1 Å². The molecule has 0 amide bonds. The Morgan fingerprint density at radius 3 is 2.56 bits per heavy atom. The van der Waals surface area contributed by atoms with Crippen LogP contribution in [-0.4, -0.2) is 12.6 Å². The number of benzene rings is 1. The summed E-state index contributed by atoms with van der Waals surface area (Å²) in [4.78, 5) is 21.8. The highest BCUT2D eigenvalue weighted by atomic mass is 16.5. The minimum Gasteiger partial charge on any atom is -0.466 e. The van der Waals surface area contributed by atoms with Crippen molar-refractivity contribution < 1.29 is 9.53 Å². The second-order valence-corrected chi connectivity index (χ2v) is 3.64. The third-order valence-corrected chi connectivity index (χ3v) is 2.40. The van der Waals surface area contributed by atoms with Crippen molar-refractivity contribution in [1.29, 1.82) is 0 Å². The molecule has 0 radical (unpaired) electrons. The SMILES string of the molecule is CC#C[C@H](CC(=O)OCC)c1ccc(N=O)cc1. The molecule has 0 aliphatic heterocycles.